The van der Waals surface area contributed by atoms with Gasteiger partial charge >= 0.3 is 7.12 Å². The molecule has 0 radical (unpaired) electrons. The summed E-state index contributed by atoms with van der Waals surface area (Å²) in [5.41, 5.74) is 0.0762. The zero-order valence-corrected chi connectivity index (χ0v) is 52.9. The van der Waals surface area contributed by atoms with E-state index in [0.29, 0.717) is 49.4 Å². The first-order valence-corrected chi connectivity index (χ1v) is 39.5. The third-order valence-corrected chi connectivity index (χ3v) is 27.0. The van der Waals surface area contributed by atoms with Crippen LogP contribution < -0.4 is 20.9 Å². The van der Waals surface area contributed by atoms with E-state index in [-0.39, 0.29) is 46.2 Å². The summed E-state index contributed by atoms with van der Waals surface area (Å²) in [5, 5.41) is 0.426. The Morgan fingerprint density at radius 3 is 1.44 bits per heavy atom. The Kier molecular flexibility index (Phi) is 22.7. The van der Waals surface area contributed by atoms with Gasteiger partial charge in [0, 0.05) is 67.9 Å². The number of hydrogen-bond donors (Lipinski definition) is 0. The third kappa shape index (κ3) is 19.7. The fraction of sp³-hybridized carbons (Fsp3) is 0.760. The van der Waals surface area contributed by atoms with E-state index in [1.54, 1.807) is 21.5 Å². The first kappa shape index (κ1) is 62.3. The topological polar surface area (TPSA) is 132 Å². The molecule has 5 rings (SSSR count). The molecule has 20 heteroatoms. The smallest absolute Gasteiger partial charge is 0.413 e. The number of nitrogens with zero attached hydrogens (tertiary/aromatic N) is 6. The van der Waals surface area contributed by atoms with Crippen molar-refractivity contribution in [3.8, 4) is 0 Å². The second-order valence-corrected chi connectivity index (χ2v) is 47.1. The monoisotopic (exact) mass is 1110 g/mol. The number of aromatic nitrogens is 4. The predicted octanol–water partition coefficient (Wildman–Crippen LogP) is 11.5. The van der Waals surface area contributed by atoms with Crippen LogP contribution in [-0.2, 0) is 41.1 Å². The van der Waals surface area contributed by atoms with Crippen LogP contribution >= 0.6 is 15.9 Å². The van der Waals surface area contributed by atoms with Crippen LogP contribution in [0.25, 0.3) is 6.08 Å². The fourth-order valence-electron chi connectivity index (χ4n) is 6.11. The number of halogens is 1. The van der Waals surface area contributed by atoms with Crippen molar-refractivity contribution in [1.29, 1.82) is 0 Å². The van der Waals surface area contributed by atoms with Crippen molar-refractivity contribution < 1.29 is 27.6 Å². The molecular weight excluding hydrogens is 1020 g/mol. The van der Waals surface area contributed by atoms with Crippen LogP contribution in [0.15, 0.2) is 44.7 Å². The van der Waals surface area contributed by atoms with Crippen molar-refractivity contribution >= 4 is 73.5 Å². The Balaban J connectivity index is 0.000000287. The van der Waals surface area contributed by atoms with Gasteiger partial charge in [-0.3, -0.25) is 18.7 Å². The maximum Gasteiger partial charge on any atom is 0.486 e. The molecule has 3 fully saturated rings. The largest absolute Gasteiger partial charge is 0.486 e. The Morgan fingerprint density at radius 1 is 0.657 bits per heavy atom. The van der Waals surface area contributed by atoms with Crippen molar-refractivity contribution in [2.75, 3.05) is 62.4 Å². The number of ether oxygens (including phenoxy) is 2. The van der Waals surface area contributed by atoms with Gasteiger partial charge in [0.25, 0.3) is 11.1 Å². The first-order valence-electron chi connectivity index (χ1n) is 25.5. The van der Waals surface area contributed by atoms with Crippen LogP contribution in [0.5, 0.6) is 0 Å². The highest BCUT2D eigenvalue weighted by Gasteiger charge is 2.50. The van der Waals surface area contributed by atoms with Gasteiger partial charge in [-0.25, -0.2) is 9.97 Å². The standard InChI is InChI=1S/C22H41N3O3Si2.C15H31BO3Si.C13H22BrN3O2Si/c1-22(2,3)30(7,8)28-14-9-11-19-17-25(18-27-15-16-29(4,5)6)21(26)20(23-19)24-12-10-13-24;1-13(2,3)20(8,9)17-12-10-11-16-18-14(4,5)15(6,7)19-16;1-20(2,3)8-7-19-10-17-9-11(14)15-12(13(17)18)16-5-4-6-16/h9,11,17H,10,12-16,18H2,1-8H3;10-11H,12H2,1-9H3;9H,4-8,10H2,1-3H3/b11-9+;11-10+;. The van der Waals surface area contributed by atoms with E-state index in [1.807, 2.05) is 34.0 Å². The molecule has 0 amide bonds. The molecule has 2 aromatic heterocycles. The van der Waals surface area contributed by atoms with E-state index in [2.05, 4.69) is 161 Å². The molecule has 0 atom stereocenters. The van der Waals surface area contributed by atoms with Crippen LogP contribution in [0, 0.1) is 0 Å². The van der Waals surface area contributed by atoms with Crippen molar-refractivity contribution in [2.24, 2.45) is 0 Å². The Bertz CT molecular complexity index is 2140. The average Bonchev–Trinajstić information content (AvgIpc) is 3.37. The summed E-state index contributed by atoms with van der Waals surface area (Å²) in [6.07, 6.45) is 11.7. The Hall–Kier alpha value is -1.99. The van der Waals surface area contributed by atoms with Gasteiger partial charge in [0.15, 0.2) is 28.3 Å². The van der Waals surface area contributed by atoms with Crippen LogP contribution in [0.4, 0.5) is 11.6 Å². The summed E-state index contributed by atoms with van der Waals surface area (Å²) < 4.78 is 39.5. The molecule has 3 aliphatic heterocycles. The predicted molar refractivity (Wildman–Crippen MR) is 307 cm³/mol. The van der Waals surface area contributed by atoms with E-state index in [9.17, 15) is 9.59 Å². The van der Waals surface area contributed by atoms with Crippen molar-refractivity contribution in [3.05, 3.63) is 61.5 Å². The van der Waals surface area contributed by atoms with Gasteiger partial charge in [-0.15, -0.1) is 0 Å². The summed E-state index contributed by atoms with van der Waals surface area (Å²) in [6, 6.07) is 2.19. The molecule has 0 spiro atoms. The maximum atomic E-state index is 12.9. The molecule has 0 bridgehead atoms. The molecule has 0 saturated carbocycles. The summed E-state index contributed by atoms with van der Waals surface area (Å²) >= 11 is 3.36. The van der Waals surface area contributed by atoms with Gasteiger partial charge in [0.1, 0.15) is 18.1 Å². The van der Waals surface area contributed by atoms with Gasteiger partial charge in [-0.2, -0.15) is 0 Å². The normalized spacial score (nSPS) is 17.6. The second-order valence-electron chi connectivity index (χ2n) is 25.4. The van der Waals surface area contributed by atoms with Gasteiger partial charge in [0.2, 0.25) is 0 Å². The van der Waals surface area contributed by atoms with Crippen molar-refractivity contribution in [3.63, 3.8) is 0 Å². The molecule has 0 aromatic carbocycles. The second kappa shape index (κ2) is 25.5. The molecule has 14 nitrogen and oxygen atoms in total. The minimum absolute atomic E-state index is 0.0686. The van der Waals surface area contributed by atoms with Gasteiger partial charge < -0.3 is 37.4 Å². The summed E-state index contributed by atoms with van der Waals surface area (Å²) in [6.45, 7) is 51.4. The van der Waals surface area contributed by atoms with E-state index in [4.69, 9.17) is 27.6 Å². The third-order valence-electron chi connectivity index (χ3n) is 14.2. The molecule has 2 aromatic rings. The van der Waals surface area contributed by atoms with Crippen LogP contribution in [-0.4, -0.2) is 123 Å². The Labute approximate surface area is 436 Å². The van der Waals surface area contributed by atoms with E-state index < -0.39 is 32.8 Å². The molecule has 0 N–H and O–H groups in total. The van der Waals surface area contributed by atoms with Gasteiger partial charge in [-0.05, 0) is 111 Å². The number of rotatable bonds is 20. The van der Waals surface area contributed by atoms with E-state index in [0.717, 1.165) is 56.8 Å². The molecular formula is C50H94BBrN6O8Si4. The summed E-state index contributed by atoms with van der Waals surface area (Å²) in [7, 11) is -5.96. The lowest BCUT2D eigenvalue weighted by Gasteiger charge is -2.35. The van der Waals surface area contributed by atoms with E-state index >= 15 is 0 Å². The lowest BCUT2D eigenvalue weighted by molar-refractivity contribution is 0.00578. The molecule has 0 aliphatic carbocycles. The average molecular weight is 1110 g/mol. The van der Waals surface area contributed by atoms with Gasteiger partial charge in [0.05, 0.1) is 30.1 Å². The quantitative estimate of drug-likeness (QED) is 0.0924. The van der Waals surface area contributed by atoms with Crippen LogP contribution in [0.3, 0.4) is 0 Å². The van der Waals surface area contributed by atoms with Gasteiger partial charge in [-0.1, -0.05) is 99.0 Å². The number of anilines is 2. The zero-order chi connectivity index (χ0) is 53.1. The minimum atomic E-state index is -1.78. The molecule has 5 heterocycles. The minimum Gasteiger partial charge on any atom is -0.413 e. The highest BCUT2D eigenvalue weighted by Crippen LogP contribution is 2.38. The van der Waals surface area contributed by atoms with Crippen LogP contribution in [0.1, 0.15) is 87.8 Å². The van der Waals surface area contributed by atoms with Crippen molar-refractivity contribution in [1.82, 2.24) is 19.1 Å². The molecule has 70 heavy (non-hydrogen) atoms. The summed E-state index contributed by atoms with van der Waals surface area (Å²) in [4.78, 5) is 38.1. The molecule has 398 valence electrons. The lowest BCUT2D eigenvalue weighted by atomic mass is 9.90. The van der Waals surface area contributed by atoms with E-state index in [1.165, 1.54) is 0 Å². The lowest BCUT2D eigenvalue weighted by Crippen LogP contribution is -2.42. The highest BCUT2D eigenvalue weighted by molar-refractivity contribution is 9.10. The highest BCUT2D eigenvalue weighted by atomic mass is 79.9. The number of hydrogen-bond acceptors (Lipinski definition) is 12. The first-order chi connectivity index (χ1) is 32.0. The maximum absolute atomic E-state index is 12.9. The molecule has 3 aliphatic rings. The molecule has 0 unspecified atom stereocenters. The molecule has 3 saturated heterocycles. The zero-order valence-electron chi connectivity index (χ0n) is 47.3. The van der Waals surface area contributed by atoms with Crippen LogP contribution in [0.2, 0.25) is 87.6 Å². The fourth-order valence-corrected chi connectivity index (χ4v) is 9.93. The van der Waals surface area contributed by atoms with Crippen molar-refractivity contribution in [2.45, 2.75) is 194 Å². The summed E-state index contributed by atoms with van der Waals surface area (Å²) in [5.74, 6) is 3.02. The Morgan fingerprint density at radius 2 is 1.06 bits per heavy atom. The SMILES string of the molecule is CC(C)(C)[Si](C)(C)OC/C=C/c1cn(COCC[Si](C)(C)C)c(=O)c(N2CCC2)n1.CC1(C)OB(/C=C/CO[Si](C)(C)C(C)(C)C)OC1(C)C.C[Si](C)(C)CCOCn1cc(Br)nc(N2CCC2)c1=O.